The summed E-state index contributed by atoms with van der Waals surface area (Å²) in [6.45, 7) is -0.0968. The number of benzene rings is 1. The highest BCUT2D eigenvalue weighted by molar-refractivity contribution is 6.31. The van der Waals surface area contributed by atoms with Crippen LogP contribution in [0.1, 0.15) is 28.9 Å². The zero-order valence-corrected chi connectivity index (χ0v) is 14.9. The number of carbonyl (C=O) groups excluding carboxylic acids is 1. The van der Waals surface area contributed by atoms with Crippen LogP contribution in [0.3, 0.4) is 0 Å². The number of allylic oxidation sites excluding steroid dienone is 1. The van der Waals surface area contributed by atoms with E-state index in [1.54, 1.807) is 25.1 Å². The Morgan fingerprint density at radius 1 is 1.37 bits per heavy atom. The minimum atomic E-state index is -1.09. The zero-order chi connectivity index (χ0) is 19.6. The molecule has 10 heteroatoms. The fourth-order valence-electron chi connectivity index (χ4n) is 2.63. The van der Waals surface area contributed by atoms with Gasteiger partial charge >= 0.3 is 0 Å². The maximum atomic E-state index is 13.0. The summed E-state index contributed by atoms with van der Waals surface area (Å²) >= 11 is 6.28. The molecule has 1 aromatic carbocycles. The molecule has 1 amide bonds. The quantitative estimate of drug-likeness (QED) is 0.805. The van der Waals surface area contributed by atoms with Crippen LogP contribution in [0, 0.1) is 0 Å². The fourth-order valence-corrected chi connectivity index (χ4v) is 2.94. The van der Waals surface area contributed by atoms with Crippen molar-refractivity contribution in [2.24, 2.45) is 10.7 Å². The topological polar surface area (TPSA) is 103 Å². The number of rotatable bonds is 5. The third kappa shape index (κ3) is 3.92. The molecule has 2 heterocycles. The number of hydrogen-bond donors (Lipinski definition) is 2. The van der Waals surface area contributed by atoms with Gasteiger partial charge in [-0.25, -0.2) is 18.8 Å². The van der Waals surface area contributed by atoms with Crippen LogP contribution in [0.2, 0.25) is 5.02 Å². The highest BCUT2D eigenvalue weighted by atomic mass is 35.5. The molecule has 1 aromatic heterocycles. The molecule has 0 unspecified atom stereocenters. The Bertz CT molecular complexity index is 944. The van der Waals surface area contributed by atoms with Gasteiger partial charge in [0.2, 0.25) is 5.89 Å². The number of hydrogen-bond acceptors (Lipinski definition) is 6. The number of ether oxygens (including phenoxy) is 1. The molecule has 7 nitrogen and oxygen atoms in total. The van der Waals surface area contributed by atoms with Gasteiger partial charge in [0, 0.05) is 16.3 Å². The predicted molar refractivity (Wildman–Crippen MR) is 94.8 cm³/mol. The first kappa shape index (κ1) is 18.8. The average Bonchev–Trinajstić information content (AvgIpc) is 3.11. The van der Waals surface area contributed by atoms with Crippen molar-refractivity contribution in [3.8, 4) is 0 Å². The van der Waals surface area contributed by atoms with E-state index in [0.29, 0.717) is 16.3 Å². The van der Waals surface area contributed by atoms with E-state index in [1.807, 2.05) is 0 Å². The number of alkyl halides is 2. The molecule has 1 aliphatic rings. The van der Waals surface area contributed by atoms with E-state index in [-0.39, 0.29) is 23.4 Å². The molecule has 0 fully saturated rings. The third-order valence-electron chi connectivity index (χ3n) is 3.82. The maximum Gasteiger partial charge on any atom is 0.288 e. The Hall–Kier alpha value is -2.94. The van der Waals surface area contributed by atoms with Crippen molar-refractivity contribution in [1.29, 1.82) is 0 Å². The summed E-state index contributed by atoms with van der Waals surface area (Å²) in [4.78, 5) is 20.1. The number of amidine groups is 1. The molecule has 1 atom stereocenters. The second-order valence-corrected chi connectivity index (χ2v) is 6.26. The van der Waals surface area contributed by atoms with Crippen LogP contribution in [0.25, 0.3) is 0 Å². The number of oxazole rings is 1. The van der Waals surface area contributed by atoms with E-state index in [9.17, 15) is 13.6 Å². The number of nitrogens with zero attached hydrogens (tertiary/aromatic N) is 2. The Labute approximate surface area is 157 Å². The second kappa shape index (κ2) is 7.36. The standard InChI is InChI=1S/C17H15ClF2N4O3/c1-17(5-10(6-19)27-16(21)24-17)11-4-9(2-3-12(11)18)22-15(25)13-8-26-14(7-20)23-13/h2-5,8H,6-7H2,1H3,(H2,21,24)(H,22,25)/t17-/m0/s1. The van der Waals surface area contributed by atoms with E-state index in [0.717, 1.165) is 6.26 Å². The van der Waals surface area contributed by atoms with Gasteiger partial charge in [0.1, 0.15) is 24.2 Å². The van der Waals surface area contributed by atoms with Crippen LogP contribution in [0.15, 0.2) is 45.7 Å². The second-order valence-electron chi connectivity index (χ2n) is 5.85. The molecule has 142 valence electrons. The van der Waals surface area contributed by atoms with Crippen LogP contribution >= 0.6 is 11.6 Å². The SMILES string of the molecule is C[C@@]1(c2cc(NC(=O)c3coc(CF)n3)ccc2Cl)C=C(CF)OC(N)=N1. The molecule has 0 aliphatic carbocycles. The summed E-state index contributed by atoms with van der Waals surface area (Å²) in [7, 11) is 0. The Morgan fingerprint density at radius 2 is 2.15 bits per heavy atom. The largest absolute Gasteiger partial charge is 0.445 e. The number of anilines is 1. The molecule has 0 radical (unpaired) electrons. The summed E-state index contributed by atoms with van der Waals surface area (Å²) in [5, 5.41) is 2.95. The summed E-state index contributed by atoms with van der Waals surface area (Å²) < 4.78 is 35.4. The first-order valence-corrected chi connectivity index (χ1v) is 8.15. The number of aromatic nitrogens is 1. The van der Waals surface area contributed by atoms with Crippen molar-refractivity contribution in [2.45, 2.75) is 19.1 Å². The Morgan fingerprint density at radius 3 is 2.81 bits per heavy atom. The lowest BCUT2D eigenvalue weighted by Gasteiger charge is -2.28. The molecule has 2 aromatic rings. The molecule has 0 saturated carbocycles. The lowest BCUT2D eigenvalue weighted by atomic mass is 9.90. The van der Waals surface area contributed by atoms with Crippen molar-refractivity contribution in [3.05, 3.63) is 58.5 Å². The van der Waals surface area contributed by atoms with Gasteiger partial charge in [0.15, 0.2) is 12.4 Å². The summed E-state index contributed by atoms with van der Waals surface area (Å²) in [5.41, 5.74) is 5.33. The first-order chi connectivity index (χ1) is 12.8. The van der Waals surface area contributed by atoms with Crippen molar-refractivity contribution in [2.75, 3.05) is 12.0 Å². The third-order valence-corrected chi connectivity index (χ3v) is 4.15. The Balaban J connectivity index is 1.91. The number of nitrogens with one attached hydrogen (secondary N) is 1. The molecular formula is C17H15ClF2N4O3. The van der Waals surface area contributed by atoms with E-state index in [1.165, 1.54) is 6.08 Å². The van der Waals surface area contributed by atoms with Crippen LogP contribution in [-0.2, 0) is 17.0 Å². The molecule has 3 rings (SSSR count). The van der Waals surface area contributed by atoms with Gasteiger partial charge in [-0.3, -0.25) is 4.79 Å². The van der Waals surface area contributed by atoms with Gasteiger partial charge in [0.25, 0.3) is 11.9 Å². The number of amides is 1. The number of aliphatic imine (C=N–C) groups is 1. The van der Waals surface area contributed by atoms with Crippen molar-refractivity contribution < 1.29 is 22.7 Å². The van der Waals surface area contributed by atoms with E-state index in [4.69, 9.17) is 26.5 Å². The first-order valence-electron chi connectivity index (χ1n) is 7.77. The molecular weight excluding hydrogens is 382 g/mol. The average molecular weight is 397 g/mol. The number of halogens is 3. The fraction of sp³-hybridized carbons (Fsp3) is 0.235. The van der Waals surface area contributed by atoms with Gasteiger partial charge in [-0.1, -0.05) is 11.6 Å². The zero-order valence-electron chi connectivity index (χ0n) is 14.1. The molecule has 27 heavy (non-hydrogen) atoms. The van der Waals surface area contributed by atoms with Gasteiger partial charge in [0.05, 0.1) is 0 Å². The molecule has 0 spiro atoms. The van der Waals surface area contributed by atoms with Crippen LogP contribution < -0.4 is 11.1 Å². The lowest BCUT2D eigenvalue weighted by Crippen LogP contribution is -2.30. The normalized spacial score (nSPS) is 19.1. The minimum Gasteiger partial charge on any atom is -0.445 e. The Kier molecular flexibility index (Phi) is 5.13. The smallest absolute Gasteiger partial charge is 0.288 e. The lowest BCUT2D eigenvalue weighted by molar-refractivity contribution is 0.102. The highest BCUT2D eigenvalue weighted by Crippen LogP contribution is 2.37. The summed E-state index contributed by atoms with van der Waals surface area (Å²) in [6, 6.07) is 4.50. The highest BCUT2D eigenvalue weighted by Gasteiger charge is 2.32. The molecule has 0 saturated heterocycles. The van der Waals surface area contributed by atoms with Crippen LogP contribution in [-0.4, -0.2) is 23.6 Å². The van der Waals surface area contributed by atoms with Gasteiger partial charge < -0.3 is 20.2 Å². The van der Waals surface area contributed by atoms with Gasteiger partial charge in [-0.2, -0.15) is 0 Å². The minimum absolute atomic E-state index is 0.0110. The van der Waals surface area contributed by atoms with E-state index in [2.05, 4.69) is 15.3 Å². The number of carbonyl (C=O) groups is 1. The van der Waals surface area contributed by atoms with Crippen molar-refractivity contribution >= 4 is 29.2 Å². The van der Waals surface area contributed by atoms with Crippen molar-refractivity contribution in [3.63, 3.8) is 0 Å². The number of nitrogens with two attached hydrogens (primary N) is 1. The monoisotopic (exact) mass is 396 g/mol. The van der Waals surface area contributed by atoms with Gasteiger partial charge in [-0.15, -0.1) is 0 Å². The predicted octanol–water partition coefficient (Wildman–Crippen LogP) is 3.46. The summed E-state index contributed by atoms with van der Waals surface area (Å²) in [5.74, 6) is -0.774. The molecule has 3 N–H and O–H groups in total. The van der Waals surface area contributed by atoms with Crippen molar-refractivity contribution in [1.82, 2.24) is 4.98 Å². The molecule has 1 aliphatic heterocycles. The maximum absolute atomic E-state index is 13.0. The summed E-state index contributed by atoms with van der Waals surface area (Å²) in [6.07, 6.45) is 2.52. The van der Waals surface area contributed by atoms with E-state index >= 15 is 0 Å². The van der Waals surface area contributed by atoms with Crippen LogP contribution in [0.5, 0.6) is 0 Å². The van der Waals surface area contributed by atoms with Crippen LogP contribution in [0.4, 0.5) is 14.5 Å². The molecule has 0 bridgehead atoms. The van der Waals surface area contributed by atoms with E-state index < -0.39 is 24.8 Å². The van der Waals surface area contributed by atoms with Gasteiger partial charge in [-0.05, 0) is 31.2 Å².